The highest BCUT2D eigenvalue weighted by molar-refractivity contribution is 5.84. The number of H-pyrrole nitrogens is 1. The number of ether oxygens (including phenoxy) is 2. The zero-order chi connectivity index (χ0) is 16.1. The molecule has 0 radical (unpaired) electrons. The van der Waals surface area contributed by atoms with Crippen molar-refractivity contribution >= 4 is 10.9 Å². The van der Waals surface area contributed by atoms with Gasteiger partial charge in [-0.25, -0.2) is 0 Å². The summed E-state index contributed by atoms with van der Waals surface area (Å²) in [7, 11) is 3.40. The lowest BCUT2D eigenvalue weighted by Crippen LogP contribution is -2.83. The molecular formula is C19H23N2O2+. The largest absolute Gasteiger partial charge is 0.497 e. The van der Waals surface area contributed by atoms with Crippen LogP contribution in [0.2, 0.25) is 0 Å². The van der Waals surface area contributed by atoms with E-state index in [1.54, 1.807) is 14.2 Å². The molecule has 0 aliphatic heterocycles. The smallest absolute Gasteiger partial charge is 0.119 e. The Morgan fingerprint density at radius 3 is 2.43 bits per heavy atom. The monoisotopic (exact) mass is 311 g/mol. The lowest BCUT2D eigenvalue weighted by molar-refractivity contribution is -0.670. The maximum absolute atomic E-state index is 5.32. The van der Waals surface area contributed by atoms with Gasteiger partial charge >= 0.3 is 0 Å². The molecule has 4 nitrogen and oxygen atoms in total. The van der Waals surface area contributed by atoms with E-state index in [0.29, 0.717) is 0 Å². The number of methoxy groups -OCH3 is 2. The average molecular weight is 311 g/mol. The molecule has 0 amide bonds. The molecule has 23 heavy (non-hydrogen) atoms. The molecule has 120 valence electrons. The van der Waals surface area contributed by atoms with E-state index in [9.17, 15) is 0 Å². The van der Waals surface area contributed by atoms with E-state index in [4.69, 9.17) is 9.47 Å². The van der Waals surface area contributed by atoms with Crippen LogP contribution >= 0.6 is 0 Å². The third-order valence-corrected chi connectivity index (χ3v) is 4.13. The first-order chi connectivity index (χ1) is 11.3. The van der Waals surface area contributed by atoms with Gasteiger partial charge in [0.15, 0.2) is 0 Å². The van der Waals surface area contributed by atoms with E-state index >= 15 is 0 Å². The van der Waals surface area contributed by atoms with Crippen LogP contribution in [0.3, 0.4) is 0 Å². The zero-order valence-electron chi connectivity index (χ0n) is 13.6. The quantitative estimate of drug-likeness (QED) is 0.659. The summed E-state index contributed by atoms with van der Waals surface area (Å²) in [5, 5.41) is 3.59. The molecular weight excluding hydrogens is 288 g/mol. The molecule has 0 saturated carbocycles. The molecule has 1 aromatic heterocycles. The van der Waals surface area contributed by atoms with Gasteiger partial charge in [-0.15, -0.1) is 0 Å². The summed E-state index contributed by atoms with van der Waals surface area (Å²) in [6.07, 6.45) is 3.13. The van der Waals surface area contributed by atoms with Crippen molar-refractivity contribution in [2.24, 2.45) is 0 Å². The lowest BCUT2D eigenvalue weighted by atomic mass is 10.1. The van der Waals surface area contributed by atoms with Crippen LogP contribution in [0.1, 0.15) is 11.1 Å². The minimum atomic E-state index is 0.903. The van der Waals surface area contributed by atoms with E-state index < -0.39 is 0 Å². The second kappa shape index (κ2) is 7.20. The summed E-state index contributed by atoms with van der Waals surface area (Å²) in [6.45, 7) is 2.03. The fourth-order valence-electron chi connectivity index (χ4n) is 2.78. The SMILES string of the molecule is COc1ccc(C[NH2+]CCc2c[nH]c3ccc(OC)cc23)cc1. The summed E-state index contributed by atoms with van der Waals surface area (Å²) >= 11 is 0. The molecule has 0 bridgehead atoms. The van der Waals surface area contributed by atoms with Gasteiger partial charge in [0.25, 0.3) is 0 Å². The molecule has 0 unspecified atom stereocenters. The number of nitrogens with one attached hydrogen (secondary N) is 1. The Kier molecular flexibility index (Phi) is 4.83. The predicted octanol–water partition coefficient (Wildman–Crippen LogP) is 2.49. The normalized spacial score (nSPS) is 10.9. The Balaban J connectivity index is 1.56. The summed E-state index contributed by atoms with van der Waals surface area (Å²) in [4.78, 5) is 3.33. The molecule has 0 aliphatic rings. The van der Waals surface area contributed by atoms with Crippen molar-refractivity contribution in [2.45, 2.75) is 13.0 Å². The first-order valence-corrected chi connectivity index (χ1v) is 7.89. The van der Waals surface area contributed by atoms with Gasteiger partial charge < -0.3 is 19.8 Å². The van der Waals surface area contributed by atoms with Crippen LogP contribution in [-0.4, -0.2) is 25.7 Å². The maximum atomic E-state index is 5.32. The van der Waals surface area contributed by atoms with Crippen molar-refractivity contribution in [1.29, 1.82) is 0 Å². The number of nitrogens with two attached hydrogens (primary N) is 1. The number of aromatic amines is 1. The van der Waals surface area contributed by atoms with Crippen LogP contribution in [-0.2, 0) is 13.0 Å². The minimum Gasteiger partial charge on any atom is -0.497 e. The number of quaternary nitrogens is 1. The van der Waals surface area contributed by atoms with Gasteiger partial charge in [-0.05, 0) is 48.0 Å². The Morgan fingerprint density at radius 1 is 0.957 bits per heavy atom. The van der Waals surface area contributed by atoms with Gasteiger partial charge in [-0.1, -0.05) is 0 Å². The second-order valence-electron chi connectivity index (χ2n) is 5.60. The van der Waals surface area contributed by atoms with Crippen molar-refractivity contribution in [2.75, 3.05) is 20.8 Å². The van der Waals surface area contributed by atoms with Crippen molar-refractivity contribution in [3.63, 3.8) is 0 Å². The number of rotatable bonds is 7. The van der Waals surface area contributed by atoms with Crippen molar-refractivity contribution in [3.05, 3.63) is 59.8 Å². The van der Waals surface area contributed by atoms with Gasteiger partial charge in [0.05, 0.1) is 20.8 Å². The Bertz CT molecular complexity index is 763. The average Bonchev–Trinajstić information content (AvgIpc) is 3.01. The molecule has 3 N–H and O–H groups in total. The Hall–Kier alpha value is -2.46. The molecule has 3 rings (SSSR count). The van der Waals surface area contributed by atoms with E-state index in [-0.39, 0.29) is 0 Å². The number of aromatic nitrogens is 1. The molecule has 0 atom stereocenters. The second-order valence-corrected chi connectivity index (χ2v) is 5.60. The molecule has 3 aromatic rings. The van der Waals surface area contributed by atoms with Gasteiger partial charge in [0.2, 0.25) is 0 Å². The highest BCUT2D eigenvalue weighted by atomic mass is 16.5. The fourth-order valence-corrected chi connectivity index (χ4v) is 2.78. The van der Waals surface area contributed by atoms with Gasteiger partial charge in [-0.2, -0.15) is 0 Å². The third kappa shape index (κ3) is 3.66. The van der Waals surface area contributed by atoms with Crippen LogP contribution in [0.15, 0.2) is 48.7 Å². The highest BCUT2D eigenvalue weighted by Crippen LogP contribution is 2.23. The molecule has 4 heteroatoms. The fraction of sp³-hybridized carbons (Fsp3) is 0.263. The van der Waals surface area contributed by atoms with Gasteiger partial charge in [0, 0.05) is 29.1 Å². The highest BCUT2D eigenvalue weighted by Gasteiger charge is 2.06. The van der Waals surface area contributed by atoms with E-state index in [2.05, 4.69) is 40.8 Å². The topological polar surface area (TPSA) is 50.9 Å². The van der Waals surface area contributed by atoms with Crippen LogP contribution in [0, 0.1) is 0 Å². The lowest BCUT2D eigenvalue weighted by Gasteiger charge is -2.04. The molecule has 2 aromatic carbocycles. The molecule has 0 saturated heterocycles. The minimum absolute atomic E-state index is 0.903. The third-order valence-electron chi connectivity index (χ3n) is 4.13. The number of hydrogen-bond acceptors (Lipinski definition) is 2. The van der Waals surface area contributed by atoms with Crippen molar-refractivity contribution in [1.82, 2.24) is 4.98 Å². The zero-order valence-corrected chi connectivity index (χ0v) is 13.6. The Labute approximate surface area is 136 Å². The van der Waals surface area contributed by atoms with Gasteiger partial charge in [0.1, 0.15) is 18.0 Å². The number of hydrogen-bond donors (Lipinski definition) is 2. The van der Waals surface area contributed by atoms with Crippen LogP contribution in [0.4, 0.5) is 0 Å². The predicted molar refractivity (Wildman–Crippen MR) is 92.0 cm³/mol. The summed E-state index contributed by atoms with van der Waals surface area (Å²) in [5.74, 6) is 1.81. The summed E-state index contributed by atoms with van der Waals surface area (Å²) in [6, 6.07) is 14.4. The molecule has 0 fully saturated rings. The summed E-state index contributed by atoms with van der Waals surface area (Å²) < 4.78 is 10.5. The molecule has 0 spiro atoms. The number of fused-ring (bicyclic) bond motifs is 1. The first-order valence-electron chi connectivity index (χ1n) is 7.89. The van der Waals surface area contributed by atoms with Crippen LogP contribution in [0.25, 0.3) is 10.9 Å². The van der Waals surface area contributed by atoms with E-state index in [1.165, 1.54) is 16.5 Å². The summed E-state index contributed by atoms with van der Waals surface area (Å²) in [5.41, 5.74) is 3.81. The van der Waals surface area contributed by atoms with Crippen LogP contribution < -0.4 is 14.8 Å². The van der Waals surface area contributed by atoms with Crippen molar-refractivity contribution < 1.29 is 14.8 Å². The van der Waals surface area contributed by atoms with Crippen molar-refractivity contribution in [3.8, 4) is 11.5 Å². The number of benzene rings is 2. The first kappa shape index (κ1) is 15.4. The van der Waals surface area contributed by atoms with E-state index in [1.807, 2.05) is 18.2 Å². The van der Waals surface area contributed by atoms with Gasteiger partial charge in [-0.3, -0.25) is 0 Å². The standard InChI is InChI=1S/C19H22N2O2/c1-22-16-5-3-14(4-6-16)12-20-10-9-15-13-21-19-8-7-17(23-2)11-18(15)19/h3-8,11,13,20-21H,9-10,12H2,1-2H3/p+1. The molecule has 1 heterocycles. The van der Waals surface area contributed by atoms with E-state index in [0.717, 1.165) is 36.5 Å². The van der Waals surface area contributed by atoms with Crippen LogP contribution in [0.5, 0.6) is 11.5 Å². The maximum Gasteiger partial charge on any atom is 0.119 e. The molecule has 0 aliphatic carbocycles. The Morgan fingerprint density at radius 2 is 1.70 bits per heavy atom.